The summed E-state index contributed by atoms with van der Waals surface area (Å²) in [5.41, 5.74) is 6.88. The lowest BCUT2D eigenvalue weighted by molar-refractivity contribution is 0.121. The van der Waals surface area contributed by atoms with Crippen molar-refractivity contribution in [2.75, 3.05) is 21.3 Å². The van der Waals surface area contributed by atoms with Crippen molar-refractivity contribution in [1.29, 1.82) is 0 Å². The minimum absolute atomic E-state index is 0.373. The highest BCUT2D eigenvalue weighted by molar-refractivity contribution is 5.54. The van der Waals surface area contributed by atoms with Crippen LogP contribution in [0.1, 0.15) is 31.9 Å². The number of benzene rings is 1. The summed E-state index contributed by atoms with van der Waals surface area (Å²) in [6, 6.07) is 3.05. The standard InChI is InChI=1S/C15H25NO4/c1-9(2)6-11(17)14(16)10-7-12(18-3)15(20-5)13(8-10)19-4/h7-9,11,14,17H,6,16H2,1-5H3/t11-,14+/m0/s1. The summed E-state index contributed by atoms with van der Waals surface area (Å²) in [7, 11) is 4.65. The molecule has 114 valence electrons. The first kappa shape index (κ1) is 16.6. The van der Waals surface area contributed by atoms with Gasteiger partial charge in [-0.3, -0.25) is 0 Å². The maximum absolute atomic E-state index is 10.2. The van der Waals surface area contributed by atoms with E-state index in [0.29, 0.717) is 29.6 Å². The van der Waals surface area contributed by atoms with Gasteiger partial charge in [-0.1, -0.05) is 13.8 Å². The molecule has 0 aromatic heterocycles. The van der Waals surface area contributed by atoms with Crippen LogP contribution in [0.5, 0.6) is 17.2 Å². The number of hydrogen-bond acceptors (Lipinski definition) is 5. The fourth-order valence-electron chi connectivity index (χ4n) is 2.15. The Bertz CT molecular complexity index is 409. The highest BCUT2D eigenvalue weighted by Gasteiger charge is 2.22. The van der Waals surface area contributed by atoms with Crippen LogP contribution in [0.25, 0.3) is 0 Å². The van der Waals surface area contributed by atoms with Crippen molar-refractivity contribution >= 4 is 0 Å². The van der Waals surface area contributed by atoms with Gasteiger partial charge in [0.2, 0.25) is 5.75 Å². The second-order valence-corrected chi connectivity index (χ2v) is 5.18. The van der Waals surface area contributed by atoms with Crippen molar-refractivity contribution in [2.24, 2.45) is 11.7 Å². The minimum Gasteiger partial charge on any atom is -0.493 e. The van der Waals surface area contributed by atoms with Gasteiger partial charge in [0, 0.05) is 0 Å². The maximum atomic E-state index is 10.2. The van der Waals surface area contributed by atoms with Crippen molar-refractivity contribution in [2.45, 2.75) is 32.4 Å². The molecule has 0 saturated heterocycles. The van der Waals surface area contributed by atoms with E-state index in [1.54, 1.807) is 33.5 Å². The largest absolute Gasteiger partial charge is 0.493 e. The molecule has 0 aliphatic rings. The van der Waals surface area contributed by atoms with E-state index in [1.807, 2.05) is 13.8 Å². The zero-order valence-corrected chi connectivity index (χ0v) is 12.8. The molecule has 0 fully saturated rings. The number of methoxy groups -OCH3 is 3. The van der Waals surface area contributed by atoms with E-state index in [4.69, 9.17) is 19.9 Å². The second-order valence-electron chi connectivity index (χ2n) is 5.18. The van der Waals surface area contributed by atoms with E-state index in [9.17, 15) is 5.11 Å². The van der Waals surface area contributed by atoms with Gasteiger partial charge in [-0.15, -0.1) is 0 Å². The Kier molecular flexibility index (Phi) is 6.10. The third kappa shape index (κ3) is 3.77. The molecule has 1 aromatic carbocycles. The zero-order valence-electron chi connectivity index (χ0n) is 12.8. The maximum Gasteiger partial charge on any atom is 0.203 e. The molecule has 3 N–H and O–H groups in total. The van der Waals surface area contributed by atoms with E-state index in [1.165, 1.54) is 0 Å². The molecule has 0 heterocycles. The Labute approximate surface area is 120 Å². The van der Waals surface area contributed by atoms with E-state index in [-0.39, 0.29) is 0 Å². The van der Waals surface area contributed by atoms with Gasteiger partial charge in [0.1, 0.15) is 0 Å². The van der Waals surface area contributed by atoms with Crippen LogP contribution in [-0.4, -0.2) is 32.5 Å². The third-order valence-corrected chi connectivity index (χ3v) is 3.20. The van der Waals surface area contributed by atoms with Gasteiger partial charge in [-0.05, 0) is 30.0 Å². The molecule has 0 aliphatic carbocycles. The van der Waals surface area contributed by atoms with Crippen LogP contribution in [0.2, 0.25) is 0 Å². The molecule has 0 unspecified atom stereocenters. The minimum atomic E-state index is -0.613. The fraction of sp³-hybridized carbons (Fsp3) is 0.600. The smallest absolute Gasteiger partial charge is 0.203 e. The number of ether oxygens (including phenoxy) is 3. The molecule has 5 nitrogen and oxygen atoms in total. The summed E-state index contributed by atoms with van der Waals surface area (Å²) in [5, 5.41) is 10.2. The average molecular weight is 283 g/mol. The summed E-state index contributed by atoms with van der Waals surface area (Å²) in [6.45, 7) is 4.09. The number of aliphatic hydroxyl groups is 1. The monoisotopic (exact) mass is 283 g/mol. The molecule has 0 saturated carbocycles. The van der Waals surface area contributed by atoms with Gasteiger partial charge in [-0.25, -0.2) is 0 Å². The van der Waals surface area contributed by atoms with E-state index < -0.39 is 12.1 Å². The lowest BCUT2D eigenvalue weighted by Gasteiger charge is -2.22. The summed E-state index contributed by atoms with van der Waals surface area (Å²) < 4.78 is 15.8. The summed E-state index contributed by atoms with van der Waals surface area (Å²) in [4.78, 5) is 0. The first-order chi connectivity index (χ1) is 9.44. The lowest BCUT2D eigenvalue weighted by Crippen LogP contribution is -2.27. The number of aliphatic hydroxyl groups excluding tert-OH is 1. The van der Waals surface area contributed by atoms with E-state index >= 15 is 0 Å². The average Bonchev–Trinajstić information content (AvgIpc) is 2.43. The van der Waals surface area contributed by atoms with Gasteiger partial charge in [0.25, 0.3) is 0 Å². The molecule has 20 heavy (non-hydrogen) atoms. The molecular formula is C15H25NO4. The van der Waals surface area contributed by atoms with Crippen LogP contribution in [-0.2, 0) is 0 Å². The molecule has 0 aliphatic heterocycles. The second kappa shape index (κ2) is 7.36. The van der Waals surface area contributed by atoms with Crippen LogP contribution in [0.3, 0.4) is 0 Å². The normalized spacial score (nSPS) is 14.0. The van der Waals surface area contributed by atoms with Crippen LogP contribution >= 0.6 is 0 Å². The number of nitrogens with two attached hydrogens (primary N) is 1. The van der Waals surface area contributed by atoms with Gasteiger partial charge >= 0.3 is 0 Å². The molecule has 1 aromatic rings. The highest BCUT2D eigenvalue weighted by Crippen LogP contribution is 2.40. The molecule has 0 bridgehead atoms. The zero-order chi connectivity index (χ0) is 15.3. The Morgan fingerprint density at radius 1 is 1.05 bits per heavy atom. The molecule has 0 spiro atoms. The van der Waals surface area contributed by atoms with Gasteiger partial charge in [0.15, 0.2) is 11.5 Å². The fourth-order valence-corrected chi connectivity index (χ4v) is 2.15. The van der Waals surface area contributed by atoms with Crippen molar-refractivity contribution in [1.82, 2.24) is 0 Å². The molecule has 1 rings (SSSR count). The summed E-state index contributed by atoms with van der Waals surface area (Å²) >= 11 is 0. The van der Waals surface area contributed by atoms with Crippen molar-refractivity contribution in [3.63, 3.8) is 0 Å². The Morgan fingerprint density at radius 2 is 1.55 bits per heavy atom. The van der Waals surface area contributed by atoms with E-state index in [0.717, 1.165) is 5.56 Å². The predicted octanol–water partition coefficient (Wildman–Crippen LogP) is 2.12. The molecule has 0 amide bonds. The summed E-state index contributed by atoms with van der Waals surface area (Å²) in [6.07, 6.45) is 0.0236. The number of rotatable bonds is 7. The van der Waals surface area contributed by atoms with Crippen molar-refractivity contribution < 1.29 is 19.3 Å². The van der Waals surface area contributed by atoms with Gasteiger partial charge in [-0.2, -0.15) is 0 Å². The van der Waals surface area contributed by atoms with Gasteiger partial charge < -0.3 is 25.1 Å². The Hall–Kier alpha value is -1.46. The molecule has 2 atom stereocenters. The summed E-state index contributed by atoms with van der Waals surface area (Å²) in [5.74, 6) is 1.96. The van der Waals surface area contributed by atoms with Crippen molar-refractivity contribution in [3.8, 4) is 17.2 Å². The van der Waals surface area contributed by atoms with Crippen LogP contribution < -0.4 is 19.9 Å². The van der Waals surface area contributed by atoms with E-state index in [2.05, 4.69) is 0 Å². The first-order valence-electron chi connectivity index (χ1n) is 6.68. The first-order valence-corrected chi connectivity index (χ1v) is 6.68. The topological polar surface area (TPSA) is 73.9 Å². The SMILES string of the molecule is COc1cc([C@@H](N)[C@@H](O)CC(C)C)cc(OC)c1OC. The molecular weight excluding hydrogens is 258 g/mol. The van der Waals surface area contributed by atoms with Gasteiger partial charge in [0.05, 0.1) is 33.5 Å². The molecule has 5 heteroatoms. The van der Waals surface area contributed by atoms with Crippen LogP contribution in [0.4, 0.5) is 0 Å². The Balaban J connectivity index is 3.12. The highest BCUT2D eigenvalue weighted by atomic mass is 16.5. The number of hydrogen-bond donors (Lipinski definition) is 2. The quantitative estimate of drug-likeness (QED) is 0.802. The predicted molar refractivity (Wildman–Crippen MR) is 78.5 cm³/mol. The van der Waals surface area contributed by atoms with Crippen molar-refractivity contribution in [3.05, 3.63) is 17.7 Å². The lowest BCUT2D eigenvalue weighted by atomic mass is 9.95. The molecule has 0 radical (unpaired) electrons. The third-order valence-electron chi connectivity index (χ3n) is 3.20. The Morgan fingerprint density at radius 3 is 1.90 bits per heavy atom. The van der Waals surface area contributed by atoms with Crippen LogP contribution in [0, 0.1) is 5.92 Å². The van der Waals surface area contributed by atoms with Crippen LogP contribution in [0.15, 0.2) is 12.1 Å².